The van der Waals surface area contributed by atoms with Crippen LogP contribution in [-0.4, -0.2) is 43.4 Å². The van der Waals surface area contributed by atoms with Gasteiger partial charge in [-0.3, -0.25) is 4.90 Å². The molecule has 0 heterocycles. The van der Waals surface area contributed by atoms with Crippen LogP contribution in [0.25, 0.3) is 0 Å². The Bertz CT molecular complexity index is 571. The first-order valence-corrected chi connectivity index (χ1v) is 8.40. The molecule has 0 aliphatic carbocycles. The first-order chi connectivity index (χ1) is 11.7. The Balaban J connectivity index is 1.78. The van der Waals surface area contributed by atoms with E-state index in [1.807, 2.05) is 56.4 Å². The van der Waals surface area contributed by atoms with Gasteiger partial charge in [-0.2, -0.15) is 0 Å². The highest BCUT2D eigenvalue weighted by Gasteiger charge is 2.10. The summed E-state index contributed by atoms with van der Waals surface area (Å²) in [5, 5.41) is 10.3. The minimum Gasteiger partial charge on any atom is -0.491 e. The molecule has 1 atom stereocenters. The molecule has 1 unspecified atom stereocenters. The lowest BCUT2D eigenvalue weighted by atomic mass is 10.1. The van der Waals surface area contributed by atoms with Crippen LogP contribution in [0.3, 0.4) is 0 Å². The first-order valence-electron chi connectivity index (χ1n) is 8.40. The van der Waals surface area contributed by atoms with Crippen LogP contribution in [-0.2, 0) is 11.3 Å². The average Bonchev–Trinajstić information content (AvgIpc) is 2.61. The SMILES string of the molecule is CCOCCOc1ccc(CN(C)CC(O)c2ccccc2)cc1. The topological polar surface area (TPSA) is 41.9 Å². The fourth-order valence-corrected chi connectivity index (χ4v) is 2.51. The van der Waals surface area contributed by atoms with Gasteiger partial charge in [-0.15, -0.1) is 0 Å². The van der Waals surface area contributed by atoms with Crippen LogP contribution < -0.4 is 4.74 Å². The van der Waals surface area contributed by atoms with Crippen LogP contribution in [0.5, 0.6) is 5.75 Å². The summed E-state index contributed by atoms with van der Waals surface area (Å²) in [6.45, 7) is 5.23. The Morgan fingerprint density at radius 1 is 1.00 bits per heavy atom. The van der Waals surface area contributed by atoms with E-state index >= 15 is 0 Å². The molecule has 0 amide bonds. The van der Waals surface area contributed by atoms with E-state index in [-0.39, 0.29) is 0 Å². The molecule has 2 rings (SSSR count). The molecule has 2 aromatic rings. The van der Waals surface area contributed by atoms with Crippen molar-refractivity contribution in [1.29, 1.82) is 0 Å². The van der Waals surface area contributed by atoms with Gasteiger partial charge in [-0.25, -0.2) is 0 Å². The van der Waals surface area contributed by atoms with Crippen molar-refractivity contribution < 1.29 is 14.6 Å². The summed E-state index contributed by atoms with van der Waals surface area (Å²) in [5.41, 5.74) is 2.14. The zero-order valence-corrected chi connectivity index (χ0v) is 14.5. The maximum absolute atomic E-state index is 10.3. The smallest absolute Gasteiger partial charge is 0.119 e. The lowest BCUT2D eigenvalue weighted by Crippen LogP contribution is -2.24. The summed E-state index contributed by atoms with van der Waals surface area (Å²) in [5.74, 6) is 0.852. The van der Waals surface area contributed by atoms with Crippen molar-refractivity contribution in [3.63, 3.8) is 0 Å². The third-order valence-corrected chi connectivity index (χ3v) is 3.75. The largest absolute Gasteiger partial charge is 0.491 e. The molecule has 0 aromatic heterocycles. The van der Waals surface area contributed by atoms with Crippen LogP contribution in [0.1, 0.15) is 24.2 Å². The van der Waals surface area contributed by atoms with Crippen molar-refractivity contribution in [2.24, 2.45) is 0 Å². The molecular formula is C20H27NO3. The highest BCUT2D eigenvalue weighted by Crippen LogP contribution is 2.16. The normalized spacial score (nSPS) is 12.3. The van der Waals surface area contributed by atoms with Crippen molar-refractivity contribution in [3.05, 3.63) is 65.7 Å². The zero-order chi connectivity index (χ0) is 17.2. The molecular weight excluding hydrogens is 302 g/mol. The second kappa shape index (κ2) is 10.1. The van der Waals surface area contributed by atoms with Crippen LogP contribution >= 0.6 is 0 Å². The Morgan fingerprint density at radius 2 is 1.71 bits per heavy atom. The summed E-state index contributed by atoms with van der Waals surface area (Å²) in [4.78, 5) is 2.11. The Hall–Kier alpha value is -1.88. The van der Waals surface area contributed by atoms with Gasteiger partial charge in [0.2, 0.25) is 0 Å². The monoisotopic (exact) mass is 329 g/mol. The predicted molar refractivity (Wildman–Crippen MR) is 96.2 cm³/mol. The van der Waals surface area contributed by atoms with E-state index < -0.39 is 6.10 Å². The Kier molecular flexibility index (Phi) is 7.75. The molecule has 0 radical (unpaired) electrons. The lowest BCUT2D eigenvalue weighted by molar-refractivity contribution is 0.110. The summed E-state index contributed by atoms with van der Waals surface area (Å²) in [6, 6.07) is 17.8. The quantitative estimate of drug-likeness (QED) is 0.679. The third-order valence-electron chi connectivity index (χ3n) is 3.75. The van der Waals surface area contributed by atoms with Crippen molar-refractivity contribution in [3.8, 4) is 5.75 Å². The van der Waals surface area contributed by atoms with Crippen LogP contribution in [0.15, 0.2) is 54.6 Å². The van der Waals surface area contributed by atoms with E-state index in [1.54, 1.807) is 0 Å². The van der Waals surface area contributed by atoms with Gasteiger partial charge in [0, 0.05) is 19.7 Å². The van der Waals surface area contributed by atoms with E-state index in [0.29, 0.717) is 26.4 Å². The average molecular weight is 329 g/mol. The summed E-state index contributed by atoms with van der Waals surface area (Å²) < 4.78 is 10.9. The number of nitrogens with zero attached hydrogens (tertiary/aromatic N) is 1. The number of benzene rings is 2. The Morgan fingerprint density at radius 3 is 2.38 bits per heavy atom. The van der Waals surface area contributed by atoms with Gasteiger partial charge in [0.25, 0.3) is 0 Å². The molecule has 0 saturated heterocycles. The highest BCUT2D eigenvalue weighted by molar-refractivity contribution is 5.27. The number of aliphatic hydroxyl groups excluding tert-OH is 1. The van der Waals surface area contributed by atoms with Gasteiger partial charge >= 0.3 is 0 Å². The number of aliphatic hydroxyl groups is 1. The van der Waals surface area contributed by atoms with Gasteiger partial charge in [0.05, 0.1) is 12.7 Å². The van der Waals surface area contributed by atoms with Gasteiger partial charge < -0.3 is 14.6 Å². The fraction of sp³-hybridized carbons (Fsp3) is 0.400. The van der Waals surface area contributed by atoms with Crippen molar-refractivity contribution >= 4 is 0 Å². The van der Waals surface area contributed by atoms with Gasteiger partial charge in [0.1, 0.15) is 12.4 Å². The second-order valence-electron chi connectivity index (χ2n) is 5.81. The molecule has 0 saturated carbocycles. The van der Waals surface area contributed by atoms with Gasteiger partial charge in [-0.05, 0) is 37.2 Å². The second-order valence-corrected chi connectivity index (χ2v) is 5.81. The Labute approximate surface area is 144 Å². The maximum atomic E-state index is 10.3. The number of ether oxygens (including phenoxy) is 2. The first kappa shape index (κ1) is 18.5. The van der Waals surface area contributed by atoms with Crippen LogP contribution in [0.2, 0.25) is 0 Å². The minimum atomic E-state index is -0.475. The summed E-state index contributed by atoms with van der Waals surface area (Å²) >= 11 is 0. The lowest BCUT2D eigenvalue weighted by Gasteiger charge is -2.21. The molecule has 0 aliphatic rings. The number of rotatable bonds is 10. The molecule has 24 heavy (non-hydrogen) atoms. The highest BCUT2D eigenvalue weighted by atomic mass is 16.5. The molecule has 0 fully saturated rings. The minimum absolute atomic E-state index is 0.475. The van der Waals surface area contributed by atoms with Crippen molar-refractivity contribution in [2.45, 2.75) is 19.6 Å². The van der Waals surface area contributed by atoms with E-state index in [1.165, 1.54) is 5.56 Å². The molecule has 0 spiro atoms. The number of hydrogen-bond donors (Lipinski definition) is 1. The number of likely N-dealkylation sites (N-methyl/N-ethyl adjacent to an activating group) is 1. The van der Waals surface area contributed by atoms with Crippen LogP contribution in [0, 0.1) is 0 Å². The maximum Gasteiger partial charge on any atom is 0.119 e. The number of hydrogen-bond acceptors (Lipinski definition) is 4. The standard InChI is InChI=1S/C20H27NO3/c1-3-23-13-14-24-19-11-9-17(10-12-19)15-21(2)16-20(22)18-7-5-4-6-8-18/h4-12,20,22H,3,13-16H2,1-2H3. The predicted octanol–water partition coefficient (Wildman–Crippen LogP) is 3.27. The molecule has 4 nitrogen and oxygen atoms in total. The summed E-state index contributed by atoms with van der Waals surface area (Å²) in [7, 11) is 2.01. The molecule has 4 heteroatoms. The molecule has 2 aromatic carbocycles. The molecule has 0 aliphatic heterocycles. The fourth-order valence-electron chi connectivity index (χ4n) is 2.51. The van der Waals surface area contributed by atoms with Crippen molar-refractivity contribution in [2.75, 3.05) is 33.4 Å². The van der Waals surface area contributed by atoms with Crippen LogP contribution in [0.4, 0.5) is 0 Å². The van der Waals surface area contributed by atoms with Gasteiger partial charge in [0.15, 0.2) is 0 Å². The molecule has 1 N–H and O–H groups in total. The van der Waals surface area contributed by atoms with Gasteiger partial charge in [-0.1, -0.05) is 42.5 Å². The zero-order valence-electron chi connectivity index (χ0n) is 14.5. The van der Waals surface area contributed by atoms with Crippen molar-refractivity contribution in [1.82, 2.24) is 4.90 Å². The van der Waals surface area contributed by atoms with E-state index in [2.05, 4.69) is 17.0 Å². The van der Waals surface area contributed by atoms with E-state index in [9.17, 15) is 5.11 Å². The molecule has 0 bridgehead atoms. The molecule has 130 valence electrons. The third kappa shape index (κ3) is 6.32. The summed E-state index contributed by atoms with van der Waals surface area (Å²) in [6.07, 6.45) is -0.475. The van der Waals surface area contributed by atoms with E-state index in [4.69, 9.17) is 9.47 Å². The van der Waals surface area contributed by atoms with E-state index in [0.717, 1.165) is 17.9 Å².